The fraction of sp³-hybridized carbons (Fsp3) is 0.412. The number of hydrogen-bond acceptors (Lipinski definition) is 2. The average Bonchev–Trinajstić information content (AvgIpc) is 2.47. The van der Waals surface area contributed by atoms with E-state index in [1.165, 1.54) is 22.8 Å². The lowest BCUT2D eigenvalue weighted by molar-refractivity contribution is 0.111. The zero-order valence-electron chi connectivity index (χ0n) is 11.9. The van der Waals surface area contributed by atoms with Crippen LogP contribution in [-0.4, -0.2) is 20.3 Å². The number of hydrogen-bond donors (Lipinski definition) is 1. The third kappa shape index (κ3) is 3.55. The summed E-state index contributed by atoms with van der Waals surface area (Å²) in [6, 6.07) is 15.2. The molecule has 1 atom stereocenters. The molecule has 2 heteroatoms. The van der Waals surface area contributed by atoms with Crippen molar-refractivity contribution in [1.82, 2.24) is 5.32 Å². The summed E-state index contributed by atoms with van der Waals surface area (Å²) in [6.45, 7) is 3.76. The van der Waals surface area contributed by atoms with Gasteiger partial charge in [-0.15, -0.1) is 0 Å². The molecule has 1 N–H and O–H groups in total. The van der Waals surface area contributed by atoms with E-state index in [-0.39, 0.29) is 6.04 Å². The van der Waals surface area contributed by atoms with Gasteiger partial charge >= 0.3 is 0 Å². The first-order valence-electron chi connectivity index (χ1n) is 7.09. The normalized spacial score (nSPS) is 12.7. The topological polar surface area (TPSA) is 21.3 Å². The molecule has 0 aliphatic heterocycles. The molecule has 2 aromatic rings. The molecule has 0 spiro atoms. The Morgan fingerprint density at radius 1 is 1.11 bits per heavy atom. The number of nitrogens with one attached hydrogen (secondary N) is 1. The molecule has 2 rings (SSSR count). The van der Waals surface area contributed by atoms with Crippen molar-refractivity contribution < 1.29 is 4.74 Å². The summed E-state index contributed by atoms with van der Waals surface area (Å²) in [5.41, 5.74) is 1.32. The number of benzene rings is 2. The highest BCUT2D eigenvalue weighted by atomic mass is 16.5. The van der Waals surface area contributed by atoms with Gasteiger partial charge in [-0.05, 0) is 29.8 Å². The number of ether oxygens (including phenoxy) is 1. The zero-order chi connectivity index (χ0) is 13.5. The Hall–Kier alpha value is -1.38. The lowest BCUT2D eigenvalue weighted by atomic mass is 9.99. The van der Waals surface area contributed by atoms with Gasteiger partial charge in [0, 0.05) is 6.61 Å². The number of unbranched alkanes of at least 4 members (excludes halogenated alkanes) is 1. The van der Waals surface area contributed by atoms with Gasteiger partial charge in [-0.25, -0.2) is 0 Å². The highest BCUT2D eigenvalue weighted by Gasteiger charge is 2.12. The van der Waals surface area contributed by atoms with Gasteiger partial charge in [-0.2, -0.15) is 0 Å². The van der Waals surface area contributed by atoms with E-state index in [2.05, 4.69) is 54.7 Å². The summed E-state index contributed by atoms with van der Waals surface area (Å²) in [6.07, 6.45) is 2.31. The van der Waals surface area contributed by atoms with Crippen LogP contribution in [0.2, 0.25) is 0 Å². The van der Waals surface area contributed by atoms with Gasteiger partial charge in [0.25, 0.3) is 0 Å². The summed E-state index contributed by atoms with van der Waals surface area (Å²) in [5, 5.41) is 5.96. The molecule has 0 bridgehead atoms. The van der Waals surface area contributed by atoms with E-state index < -0.39 is 0 Å². The molecular formula is C17H23NO. The van der Waals surface area contributed by atoms with Gasteiger partial charge in [0.05, 0.1) is 12.6 Å². The summed E-state index contributed by atoms with van der Waals surface area (Å²) in [7, 11) is 2.00. The first-order valence-corrected chi connectivity index (χ1v) is 7.09. The van der Waals surface area contributed by atoms with Gasteiger partial charge < -0.3 is 10.1 Å². The molecule has 0 amide bonds. The second-order valence-corrected chi connectivity index (χ2v) is 4.84. The molecule has 0 saturated carbocycles. The number of likely N-dealkylation sites (N-methyl/N-ethyl adjacent to an activating group) is 1. The Morgan fingerprint density at radius 3 is 2.68 bits per heavy atom. The maximum absolute atomic E-state index is 5.77. The smallest absolute Gasteiger partial charge is 0.0661 e. The van der Waals surface area contributed by atoms with Gasteiger partial charge in [-0.1, -0.05) is 55.8 Å². The van der Waals surface area contributed by atoms with Crippen molar-refractivity contribution in [3.05, 3.63) is 48.0 Å². The number of rotatable bonds is 7. The van der Waals surface area contributed by atoms with Gasteiger partial charge in [-0.3, -0.25) is 0 Å². The Labute approximate surface area is 115 Å². The van der Waals surface area contributed by atoms with Crippen LogP contribution in [0.25, 0.3) is 10.8 Å². The molecule has 2 aromatic carbocycles. The fourth-order valence-corrected chi connectivity index (χ4v) is 2.33. The monoisotopic (exact) mass is 257 g/mol. The SMILES string of the molecule is CCCCOCC(NC)c1cccc2ccccc12. The van der Waals surface area contributed by atoms with E-state index in [1.54, 1.807) is 0 Å². The van der Waals surface area contributed by atoms with Crippen LogP contribution in [0, 0.1) is 0 Å². The predicted octanol–water partition coefficient (Wildman–Crippen LogP) is 3.92. The quantitative estimate of drug-likeness (QED) is 0.759. The summed E-state index contributed by atoms with van der Waals surface area (Å²) in [5.74, 6) is 0. The summed E-state index contributed by atoms with van der Waals surface area (Å²) < 4.78 is 5.77. The predicted molar refractivity (Wildman–Crippen MR) is 81.5 cm³/mol. The van der Waals surface area contributed by atoms with E-state index in [0.717, 1.165) is 19.6 Å². The van der Waals surface area contributed by atoms with Crippen molar-refractivity contribution in [2.45, 2.75) is 25.8 Å². The van der Waals surface area contributed by atoms with Gasteiger partial charge in [0.15, 0.2) is 0 Å². The lowest BCUT2D eigenvalue weighted by Gasteiger charge is -2.19. The first-order chi connectivity index (χ1) is 9.36. The minimum absolute atomic E-state index is 0.253. The zero-order valence-corrected chi connectivity index (χ0v) is 11.9. The van der Waals surface area contributed by atoms with Crippen LogP contribution < -0.4 is 5.32 Å². The minimum Gasteiger partial charge on any atom is -0.379 e. The van der Waals surface area contributed by atoms with Crippen molar-refractivity contribution in [3.8, 4) is 0 Å². The highest BCUT2D eigenvalue weighted by molar-refractivity contribution is 5.86. The van der Waals surface area contributed by atoms with E-state index in [9.17, 15) is 0 Å². The first kappa shape index (κ1) is 14.0. The molecule has 0 heterocycles. The molecule has 19 heavy (non-hydrogen) atoms. The van der Waals surface area contributed by atoms with Crippen molar-refractivity contribution in [2.75, 3.05) is 20.3 Å². The third-order valence-electron chi connectivity index (χ3n) is 3.47. The molecule has 0 fully saturated rings. The molecule has 0 radical (unpaired) electrons. The van der Waals surface area contributed by atoms with Crippen molar-refractivity contribution in [3.63, 3.8) is 0 Å². The third-order valence-corrected chi connectivity index (χ3v) is 3.47. The van der Waals surface area contributed by atoms with Crippen molar-refractivity contribution in [2.24, 2.45) is 0 Å². The van der Waals surface area contributed by atoms with Crippen LogP contribution in [-0.2, 0) is 4.74 Å². The van der Waals surface area contributed by atoms with Crippen LogP contribution >= 0.6 is 0 Å². The second kappa shape index (κ2) is 7.27. The average molecular weight is 257 g/mol. The molecule has 2 nitrogen and oxygen atoms in total. The lowest BCUT2D eigenvalue weighted by Crippen LogP contribution is -2.22. The largest absolute Gasteiger partial charge is 0.379 e. The van der Waals surface area contributed by atoms with Crippen molar-refractivity contribution >= 4 is 10.8 Å². The maximum atomic E-state index is 5.77. The molecule has 0 saturated heterocycles. The van der Waals surface area contributed by atoms with Crippen LogP contribution in [0.1, 0.15) is 31.4 Å². The minimum atomic E-state index is 0.253. The van der Waals surface area contributed by atoms with Crippen LogP contribution in [0.3, 0.4) is 0 Å². The molecule has 0 aliphatic rings. The van der Waals surface area contributed by atoms with E-state index in [4.69, 9.17) is 4.74 Å². The van der Waals surface area contributed by atoms with E-state index in [0.29, 0.717) is 0 Å². The standard InChI is InChI=1S/C17H23NO/c1-3-4-12-19-13-17(18-2)16-11-7-9-14-8-5-6-10-15(14)16/h5-11,17-18H,3-4,12-13H2,1-2H3. The molecule has 1 unspecified atom stereocenters. The Kier molecular flexibility index (Phi) is 5.37. The summed E-state index contributed by atoms with van der Waals surface area (Å²) >= 11 is 0. The maximum Gasteiger partial charge on any atom is 0.0661 e. The van der Waals surface area contributed by atoms with Crippen LogP contribution in [0.15, 0.2) is 42.5 Å². The van der Waals surface area contributed by atoms with Crippen LogP contribution in [0.5, 0.6) is 0 Å². The van der Waals surface area contributed by atoms with Gasteiger partial charge in [0.2, 0.25) is 0 Å². The highest BCUT2D eigenvalue weighted by Crippen LogP contribution is 2.24. The van der Waals surface area contributed by atoms with Gasteiger partial charge in [0.1, 0.15) is 0 Å². The second-order valence-electron chi connectivity index (χ2n) is 4.84. The Balaban J connectivity index is 2.16. The Morgan fingerprint density at radius 2 is 1.89 bits per heavy atom. The number of fused-ring (bicyclic) bond motifs is 1. The molecule has 102 valence electrons. The van der Waals surface area contributed by atoms with E-state index in [1.807, 2.05) is 7.05 Å². The summed E-state index contributed by atoms with van der Waals surface area (Å²) in [4.78, 5) is 0. The molecule has 0 aromatic heterocycles. The van der Waals surface area contributed by atoms with Crippen LogP contribution in [0.4, 0.5) is 0 Å². The van der Waals surface area contributed by atoms with E-state index >= 15 is 0 Å². The molecule has 0 aliphatic carbocycles. The Bertz CT molecular complexity index is 504. The fourth-order valence-electron chi connectivity index (χ4n) is 2.33. The van der Waals surface area contributed by atoms with Crippen molar-refractivity contribution in [1.29, 1.82) is 0 Å². The molecular weight excluding hydrogens is 234 g/mol.